The Morgan fingerprint density at radius 2 is 1.94 bits per heavy atom. The minimum atomic E-state index is -3.63. The summed E-state index contributed by atoms with van der Waals surface area (Å²) < 4.78 is 24.4. The average Bonchev–Trinajstić information content (AvgIpc) is 2.72. The second kappa shape index (κ2) is 4.41. The van der Waals surface area contributed by atoms with E-state index in [2.05, 4.69) is 0 Å². The summed E-state index contributed by atoms with van der Waals surface area (Å²) >= 11 is 0. The zero-order chi connectivity index (χ0) is 12.5. The number of nitrogens with zero attached hydrogens (tertiary/aromatic N) is 1. The Kier molecular flexibility index (Phi) is 3.10. The third-order valence-electron chi connectivity index (χ3n) is 2.79. The number of benzene rings is 1. The van der Waals surface area contributed by atoms with E-state index in [-0.39, 0.29) is 11.3 Å². The minimum absolute atomic E-state index is 0.158. The van der Waals surface area contributed by atoms with Crippen molar-refractivity contribution >= 4 is 23.0 Å². The van der Waals surface area contributed by atoms with Crippen LogP contribution in [0.25, 0.3) is 0 Å². The van der Waals surface area contributed by atoms with Gasteiger partial charge < -0.3 is 0 Å². The van der Waals surface area contributed by atoms with Crippen molar-refractivity contribution in [1.82, 2.24) is 4.81 Å². The van der Waals surface area contributed by atoms with Crippen LogP contribution in [-0.4, -0.2) is 38.1 Å². The van der Waals surface area contributed by atoms with Crippen LogP contribution >= 0.6 is 0 Å². The standard InChI is InChI=1S/C10H11BN2O3S/c12-11-13-7-6-9(10(13)14)17(15,16)8-4-2-1-3-5-8/h1-5,9,12H,6-7H2. The van der Waals surface area contributed by atoms with Crippen molar-refractivity contribution < 1.29 is 13.2 Å². The van der Waals surface area contributed by atoms with Gasteiger partial charge in [-0.25, -0.2) is 0 Å². The number of carbonyl (C=O) groups excluding carboxylic acids is 1. The SMILES string of the molecule is N=BN1CCC(S(=O)(=O)c2ccccc2)C1=O. The zero-order valence-electron chi connectivity index (χ0n) is 9.04. The Labute approximate surface area is 100 Å². The van der Waals surface area contributed by atoms with Crippen LogP contribution in [-0.2, 0) is 14.6 Å². The Morgan fingerprint density at radius 3 is 2.47 bits per heavy atom. The van der Waals surface area contributed by atoms with E-state index < -0.39 is 21.0 Å². The molecule has 88 valence electrons. The van der Waals surface area contributed by atoms with Crippen molar-refractivity contribution in [2.45, 2.75) is 16.6 Å². The van der Waals surface area contributed by atoms with E-state index in [9.17, 15) is 13.2 Å². The Hall–Kier alpha value is -1.50. The molecule has 0 aliphatic carbocycles. The summed E-state index contributed by atoms with van der Waals surface area (Å²) in [6.45, 7) is 0.291. The fraction of sp³-hybridized carbons (Fsp3) is 0.300. The molecule has 1 aromatic carbocycles. The summed E-state index contributed by atoms with van der Waals surface area (Å²) in [5.41, 5.74) is 0. The maximum atomic E-state index is 12.2. The molecule has 1 unspecified atom stereocenters. The van der Waals surface area contributed by atoms with Gasteiger partial charge in [0.05, 0.1) is 0 Å². The van der Waals surface area contributed by atoms with Crippen molar-refractivity contribution in [3.05, 3.63) is 30.3 Å². The van der Waals surface area contributed by atoms with Gasteiger partial charge in [-0.2, -0.15) is 0 Å². The van der Waals surface area contributed by atoms with Crippen LogP contribution < -0.4 is 0 Å². The topological polar surface area (TPSA) is 78.3 Å². The van der Waals surface area contributed by atoms with Crippen molar-refractivity contribution in [3.8, 4) is 0 Å². The van der Waals surface area contributed by atoms with Crippen molar-refractivity contribution in [2.24, 2.45) is 0 Å². The normalized spacial score (nSPS) is 20.4. The van der Waals surface area contributed by atoms with Crippen LogP contribution in [0.2, 0.25) is 0 Å². The van der Waals surface area contributed by atoms with E-state index in [1.165, 1.54) is 12.1 Å². The van der Waals surface area contributed by atoms with Crippen LogP contribution in [0.1, 0.15) is 6.42 Å². The number of hydrogen-bond donors (Lipinski definition) is 1. The first-order chi connectivity index (χ1) is 8.07. The quantitative estimate of drug-likeness (QED) is 0.790. The summed E-state index contributed by atoms with van der Waals surface area (Å²) in [5.74, 6) is -0.510. The third kappa shape index (κ3) is 2.02. The molecule has 0 spiro atoms. The molecule has 0 saturated carbocycles. The van der Waals surface area contributed by atoms with Crippen molar-refractivity contribution in [3.63, 3.8) is 0 Å². The molecule has 1 heterocycles. The second-order valence-electron chi connectivity index (χ2n) is 3.80. The molecule has 1 fully saturated rings. The monoisotopic (exact) mass is 250 g/mol. The van der Waals surface area contributed by atoms with E-state index in [4.69, 9.17) is 5.31 Å². The Morgan fingerprint density at radius 1 is 1.29 bits per heavy atom. The fourth-order valence-electron chi connectivity index (χ4n) is 1.87. The number of nitrogens with one attached hydrogen (secondary N) is 1. The molecule has 1 amide bonds. The van der Waals surface area contributed by atoms with Gasteiger partial charge in [-0.3, -0.25) is 0 Å². The molecule has 1 N–H and O–H groups in total. The molecule has 0 bridgehead atoms. The molecule has 1 atom stereocenters. The fourth-order valence-corrected chi connectivity index (χ4v) is 3.55. The number of hydrogen-bond acceptors (Lipinski definition) is 4. The van der Waals surface area contributed by atoms with Crippen LogP contribution in [0.3, 0.4) is 0 Å². The first kappa shape index (κ1) is 12.0. The summed E-state index contributed by atoms with van der Waals surface area (Å²) in [6, 6.07) is 7.94. The van der Waals surface area contributed by atoms with Gasteiger partial charge in [-0.1, -0.05) is 0 Å². The van der Waals surface area contributed by atoms with Crippen LogP contribution in [0.4, 0.5) is 0 Å². The number of amides is 1. The first-order valence-electron chi connectivity index (χ1n) is 5.17. The van der Waals surface area contributed by atoms with Gasteiger partial charge in [-0.05, 0) is 0 Å². The molecule has 1 saturated heterocycles. The summed E-state index contributed by atoms with van der Waals surface area (Å²) in [4.78, 5) is 13.0. The Balaban J connectivity index is 2.36. The molecule has 0 aromatic heterocycles. The van der Waals surface area contributed by atoms with Gasteiger partial charge in [0, 0.05) is 0 Å². The second-order valence-corrected chi connectivity index (χ2v) is 5.93. The first-order valence-corrected chi connectivity index (χ1v) is 6.72. The number of carbonyl (C=O) groups is 1. The molecule has 0 radical (unpaired) electrons. The van der Waals surface area contributed by atoms with Crippen LogP contribution in [0, 0.1) is 5.31 Å². The molecule has 1 aliphatic rings. The number of rotatable bonds is 3. The van der Waals surface area contributed by atoms with Crippen LogP contribution in [0.5, 0.6) is 0 Å². The van der Waals surface area contributed by atoms with Gasteiger partial charge in [0.15, 0.2) is 0 Å². The van der Waals surface area contributed by atoms with Gasteiger partial charge in [0.2, 0.25) is 0 Å². The van der Waals surface area contributed by atoms with E-state index in [0.29, 0.717) is 6.54 Å². The van der Waals surface area contributed by atoms with Crippen molar-refractivity contribution in [1.29, 1.82) is 5.31 Å². The van der Waals surface area contributed by atoms with E-state index in [0.717, 1.165) is 12.0 Å². The van der Waals surface area contributed by atoms with Gasteiger partial charge in [0.25, 0.3) is 0 Å². The Bertz CT molecular complexity index is 544. The van der Waals surface area contributed by atoms with E-state index in [1.807, 2.05) is 0 Å². The summed E-state index contributed by atoms with van der Waals surface area (Å²) in [7, 11) is -2.75. The van der Waals surface area contributed by atoms with Gasteiger partial charge in [0.1, 0.15) is 0 Å². The zero-order valence-corrected chi connectivity index (χ0v) is 9.85. The summed E-state index contributed by atoms with van der Waals surface area (Å²) in [6.07, 6.45) is 0.242. The molecule has 2 rings (SSSR count). The van der Waals surface area contributed by atoms with E-state index in [1.54, 1.807) is 18.2 Å². The third-order valence-corrected chi connectivity index (χ3v) is 4.91. The average molecular weight is 250 g/mol. The number of sulfone groups is 1. The molecule has 7 heteroatoms. The summed E-state index contributed by atoms with van der Waals surface area (Å²) in [5, 5.41) is 5.97. The molecule has 5 nitrogen and oxygen atoms in total. The van der Waals surface area contributed by atoms with Crippen LogP contribution in [0.15, 0.2) is 35.2 Å². The molecular weight excluding hydrogens is 239 g/mol. The van der Waals surface area contributed by atoms with Crippen molar-refractivity contribution in [2.75, 3.05) is 6.54 Å². The molecule has 1 aliphatic heterocycles. The predicted octanol–water partition coefficient (Wildman–Crippen LogP) is 0.443. The molecular formula is C10H11BN2O3S. The maximum absolute atomic E-state index is 12.2. The van der Waals surface area contributed by atoms with E-state index >= 15 is 0 Å². The van der Waals surface area contributed by atoms with Gasteiger partial charge >= 0.3 is 99.7 Å². The molecule has 1 aromatic rings. The van der Waals surface area contributed by atoms with Gasteiger partial charge in [-0.15, -0.1) is 0 Å². The molecule has 17 heavy (non-hydrogen) atoms. The predicted molar refractivity (Wildman–Crippen MR) is 62.2 cm³/mol.